The van der Waals surface area contributed by atoms with Gasteiger partial charge >= 0.3 is 0 Å². The van der Waals surface area contributed by atoms with E-state index in [0.29, 0.717) is 19.5 Å². The van der Waals surface area contributed by atoms with Crippen LogP contribution in [0.5, 0.6) is 0 Å². The molecule has 0 unspecified atom stereocenters. The Morgan fingerprint density at radius 1 is 1.22 bits per heavy atom. The SMILES string of the molecule is [O-]CCC[N-]CCCO. The largest absolute Gasteiger partial charge is 0.854 e. The van der Waals surface area contributed by atoms with Gasteiger partial charge in [0.1, 0.15) is 0 Å². The summed E-state index contributed by atoms with van der Waals surface area (Å²) in [6.45, 7) is 1.50. The first-order valence-corrected chi connectivity index (χ1v) is 3.24. The fourth-order valence-corrected chi connectivity index (χ4v) is 0.471. The molecule has 3 nitrogen and oxygen atoms in total. The van der Waals surface area contributed by atoms with Gasteiger partial charge in [-0.3, -0.25) is 0 Å². The number of nitrogens with zero attached hydrogens (tertiary/aromatic N) is 1. The fourth-order valence-electron chi connectivity index (χ4n) is 0.471. The maximum atomic E-state index is 9.85. The first-order chi connectivity index (χ1) is 4.41. The van der Waals surface area contributed by atoms with Gasteiger partial charge in [0.25, 0.3) is 0 Å². The van der Waals surface area contributed by atoms with Gasteiger partial charge < -0.3 is 15.5 Å². The molecule has 0 aliphatic rings. The van der Waals surface area contributed by atoms with E-state index in [1.807, 2.05) is 0 Å². The normalized spacial score (nSPS) is 10.0. The van der Waals surface area contributed by atoms with Gasteiger partial charge in [0, 0.05) is 6.61 Å². The van der Waals surface area contributed by atoms with Crippen LogP contribution < -0.4 is 5.11 Å². The summed E-state index contributed by atoms with van der Waals surface area (Å²) in [6, 6.07) is 0. The van der Waals surface area contributed by atoms with Crippen LogP contribution in [0.2, 0.25) is 0 Å². The molecule has 3 heteroatoms. The summed E-state index contributed by atoms with van der Waals surface area (Å²) in [4.78, 5) is 0. The second-order valence-electron chi connectivity index (χ2n) is 1.81. The van der Waals surface area contributed by atoms with Crippen molar-refractivity contribution in [2.45, 2.75) is 12.8 Å². The van der Waals surface area contributed by atoms with Crippen molar-refractivity contribution >= 4 is 0 Å². The molecule has 0 aliphatic carbocycles. The number of aliphatic hydroxyl groups is 1. The minimum Gasteiger partial charge on any atom is -0.854 e. The van der Waals surface area contributed by atoms with E-state index in [2.05, 4.69) is 5.32 Å². The zero-order valence-corrected chi connectivity index (χ0v) is 5.55. The predicted molar refractivity (Wildman–Crippen MR) is 34.3 cm³/mol. The quantitative estimate of drug-likeness (QED) is 0.494. The Morgan fingerprint density at radius 3 is 2.44 bits per heavy atom. The molecule has 0 aromatic carbocycles. The molecule has 0 radical (unpaired) electrons. The monoisotopic (exact) mass is 131 g/mol. The lowest BCUT2D eigenvalue weighted by Gasteiger charge is -2.18. The van der Waals surface area contributed by atoms with Crippen molar-refractivity contribution < 1.29 is 10.2 Å². The molecule has 0 saturated carbocycles. The van der Waals surface area contributed by atoms with Gasteiger partial charge in [-0.1, -0.05) is 6.42 Å². The molecule has 0 bridgehead atoms. The number of hydrogen-bond acceptors (Lipinski definition) is 2. The average molecular weight is 131 g/mol. The predicted octanol–water partition coefficient (Wildman–Crippen LogP) is -0.507. The van der Waals surface area contributed by atoms with Crippen molar-refractivity contribution in [3.05, 3.63) is 5.32 Å². The van der Waals surface area contributed by atoms with E-state index in [0.717, 1.165) is 6.42 Å². The maximum Gasteiger partial charge on any atom is 0.0414 e. The van der Waals surface area contributed by atoms with Crippen LogP contribution in [0.15, 0.2) is 0 Å². The Labute approximate surface area is 55.7 Å². The first-order valence-electron chi connectivity index (χ1n) is 3.24. The average Bonchev–Trinajstić information content (AvgIpc) is 1.89. The second-order valence-corrected chi connectivity index (χ2v) is 1.81. The summed E-state index contributed by atoms with van der Waals surface area (Å²) in [5, 5.41) is 22.1. The molecule has 0 atom stereocenters. The molecule has 56 valence electrons. The van der Waals surface area contributed by atoms with E-state index < -0.39 is 0 Å². The molecule has 0 saturated heterocycles. The van der Waals surface area contributed by atoms with Gasteiger partial charge in [-0.25, -0.2) is 0 Å². The molecule has 0 heterocycles. The number of hydrogen-bond donors (Lipinski definition) is 1. The van der Waals surface area contributed by atoms with E-state index in [4.69, 9.17) is 5.11 Å². The summed E-state index contributed by atoms with van der Waals surface area (Å²) in [5.41, 5.74) is 0. The van der Waals surface area contributed by atoms with Crippen LogP contribution in [0, 0.1) is 0 Å². The Bertz CT molecular complexity index is 44.3. The van der Waals surface area contributed by atoms with Crippen molar-refractivity contribution in [1.82, 2.24) is 0 Å². The highest BCUT2D eigenvalue weighted by atomic mass is 16.3. The Balaban J connectivity index is 2.60. The Morgan fingerprint density at radius 2 is 1.89 bits per heavy atom. The van der Waals surface area contributed by atoms with Crippen LogP contribution in [0.1, 0.15) is 12.8 Å². The van der Waals surface area contributed by atoms with E-state index in [-0.39, 0.29) is 13.2 Å². The van der Waals surface area contributed by atoms with Crippen LogP contribution in [0.4, 0.5) is 0 Å². The summed E-state index contributed by atoms with van der Waals surface area (Å²) in [6.07, 6.45) is 1.35. The van der Waals surface area contributed by atoms with Crippen LogP contribution in [0.25, 0.3) is 5.32 Å². The lowest BCUT2D eigenvalue weighted by molar-refractivity contribution is -0.367. The number of rotatable bonds is 6. The van der Waals surface area contributed by atoms with Crippen LogP contribution in [0.3, 0.4) is 0 Å². The molecule has 0 fully saturated rings. The maximum absolute atomic E-state index is 9.85. The molecule has 9 heavy (non-hydrogen) atoms. The third-order valence-electron chi connectivity index (χ3n) is 0.935. The Hall–Kier alpha value is -0.120. The van der Waals surface area contributed by atoms with Crippen molar-refractivity contribution in [3.63, 3.8) is 0 Å². The lowest BCUT2D eigenvalue weighted by Crippen LogP contribution is -2.07. The van der Waals surface area contributed by atoms with Crippen LogP contribution in [-0.2, 0) is 0 Å². The van der Waals surface area contributed by atoms with E-state index in [9.17, 15) is 5.11 Å². The standard InChI is InChI=1S/C6H13NO2/c8-5-1-3-7-4-2-6-9/h8H,1-6H2/q-2. The lowest BCUT2D eigenvalue weighted by atomic mass is 10.4. The van der Waals surface area contributed by atoms with Crippen LogP contribution in [-0.4, -0.2) is 31.4 Å². The fraction of sp³-hybridized carbons (Fsp3) is 1.00. The summed E-state index contributed by atoms with van der Waals surface area (Å²) >= 11 is 0. The van der Waals surface area contributed by atoms with Crippen molar-refractivity contribution in [2.75, 3.05) is 26.3 Å². The van der Waals surface area contributed by atoms with E-state index >= 15 is 0 Å². The molecule has 0 aromatic rings. The van der Waals surface area contributed by atoms with E-state index in [1.54, 1.807) is 0 Å². The van der Waals surface area contributed by atoms with Crippen LogP contribution >= 0.6 is 0 Å². The number of aliphatic hydroxyl groups excluding tert-OH is 1. The highest BCUT2D eigenvalue weighted by Crippen LogP contribution is 1.90. The van der Waals surface area contributed by atoms with Gasteiger partial charge in [-0.2, -0.15) is 6.54 Å². The van der Waals surface area contributed by atoms with Gasteiger partial charge in [0.2, 0.25) is 0 Å². The minimum atomic E-state index is -0.0391. The molecular weight excluding hydrogens is 118 g/mol. The smallest absolute Gasteiger partial charge is 0.0414 e. The third-order valence-corrected chi connectivity index (χ3v) is 0.935. The molecular formula is C6H13NO2-2. The zero-order chi connectivity index (χ0) is 6.95. The van der Waals surface area contributed by atoms with Gasteiger partial charge in [0.05, 0.1) is 0 Å². The highest BCUT2D eigenvalue weighted by molar-refractivity contribution is 4.77. The summed E-state index contributed by atoms with van der Waals surface area (Å²) in [5.74, 6) is 0. The molecule has 0 amide bonds. The Kier molecular flexibility index (Phi) is 7.77. The van der Waals surface area contributed by atoms with Gasteiger partial charge in [-0.05, 0) is 6.42 Å². The molecule has 0 aromatic heterocycles. The van der Waals surface area contributed by atoms with Crippen molar-refractivity contribution in [2.24, 2.45) is 0 Å². The highest BCUT2D eigenvalue weighted by Gasteiger charge is 1.71. The molecule has 1 N–H and O–H groups in total. The van der Waals surface area contributed by atoms with Crippen molar-refractivity contribution in [1.29, 1.82) is 0 Å². The van der Waals surface area contributed by atoms with E-state index in [1.165, 1.54) is 0 Å². The first kappa shape index (κ1) is 8.88. The molecule has 0 spiro atoms. The molecule has 0 rings (SSSR count). The minimum absolute atomic E-state index is 0.0391. The van der Waals surface area contributed by atoms with Gasteiger partial charge in [0.15, 0.2) is 0 Å². The van der Waals surface area contributed by atoms with Gasteiger partial charge in [-0.15, -0.1) is 13.2 Å². The summed E-state index contributed by atoms with van der Waals surface area (Å²) in [7, 11) is 0. The molecule has 0 aliphatic heterocycles. The summed E-state index contributed by atoms with van der Waals surface area (Å²) < 4.78 is 0. The zero-order valence-electron chi connectivity index (χ0n) is 5.55. The topological polar surface area (TPSA) is 57.4 Å². The van der Waals surface area contributed by atoms with Crippen molar-refractivity contribution in [3.8, 4) is 0 Å². The third kappa shape index (κ3) is 7.88. The second kappa shape index (κ2) is 7.88.